The molecule has 1 aliphatic heterocycles. The van der Waals surface area contributed by atoms with Crippen LogP contribution in [0.3, 0.4) is 0 Å². The zero-order valence-corrected chi connectivity index (χ0v) is 12.7. The molecule has 6 heteroatoms. The molecule has 18 heavy (non-hydrogen) atoms. The number of amides is 1. The van der Waals surface area contributed by atoms with Crippen molar-refractivity contribution in [2.45, 2.75) is 6.04 Å². The van der Waals surface area contributed by atoms with Crippen LogP contribution in [0.25, 0.3) is 0 Å². The first-order valence-corrected chi connectivity index (χ1v) is 6.24. The highest BCUT2D eigenvalue weighted by Crippen LogP contribution is 2.26. The van der Waals surface area contributed by atoms with Crippen LogP contribution in [-0.4, -0.2) is 44.1 Å². The molecule has 0 atom stereocenters. The van der Waals surface area contributed by atoms with Crippen LogP contribution in [0, 0.1) is 0 Å². The summed E-state index contributed by atoms with van der Waals surface area (Å²) in [4.78, 5) is 13.9. The summed E-state index contributed by atoms with van der Waals surface area (Å²) in [7, 11) is 3.44. The summed E-state index contributed by atoms with van der Waals surface area (Å²) in [5, 5.41) is 3.15. The van der Waals surface area contributed by atoms with Crippen LogP contribution in [0.5, 0.6) is 5.75 Å². The van der Waals surface area contributed by atoms with Crippen molar-refractivity contribution >= 4 is 34.2 Å². The second-order valence-electron chi connectivity index (χ2n) is 4.08. The minimum atomic E-state index is 0. The average Bonchev–Trinajstić information content (AvgIpc) is 2.25. The van der Waals surface area contributed by atoms with Gasteiger partial charge in [0.15, 0.2) is 0 Å². The molecule has 0 aliphatic carbocycles. The van der Waals surface area contributed by atoms with Crippen molar-refractivity contribution < 1.29 is 9.53 Å². The molecule has 1 aromatic rings. The fourth-order valence-electron chi connectivity index (χ4n) is 1.72. The van der Waals surface area contributed by atoms with Crippen LogP contribution < -0.4 is 10.1 Å². The minimum Gasteiger partial charge on any atom is -0.496 e. The third-order valence-electron chi connectivity index (χ3n) is 3.03. The highest BCUT2D eigenvalue weighted by molar-refractivity contribution is 9.10. The van der Waals surface area contributed by atoms with E-state index in [0.29, 0.717) is 11.6 Å². The van der Waals surface area contributed by atoms with Gasteiger partial charge in [-0.15, -0.1) is 12.4 Å². The summed E-state index contributed by atoms with van der Waals surface area (Å²) < 4.78 is 5.94. The monoisotopic (exact) mass is 334 g/mol. The molecule has 0 bridgehead atoms. The quantitative estimate of drug-likeness (QED) is 0.917. The molecule has 0 radical (unpaired) electrons. The second kappa shape index (κ2) is 6.41. The van der Waals surface area contributed by atoms with Crippen molar-refractivity contribution in [3.8, 4) is 5.75 Å². The summed E-state index contributed by atoms with van der Waals surface area (Å²) in [5.41, 5.74) is 0.673. The Labute approximate surface area is 121 Å². The van der Waals surface area contributed by atoms with Gasteiger partial charge < -0.3 is 15.0 Å². The van der Waals surface area contributed by atoms with Crippen molar-refractivity contribution in [1.29, 1.82) is 0 Å². The van der Waals surface area contributed by atoms with Crippen molar-refractivity contribution in [2.24, 2.45) is 0 Å². The first-order valence-electron chi connectivity index (χ1n) is 5.45. The third-order valence-corrected chi connectivity index (χ3v) is 3.65. The van der Waals surface area contributed by atoms with E-state index in [1.165, 1.54) is 0 Å². The van der Waals surface area contributed by atoms with Gasteiger partial charge in [0.05, 0.1) is 17.6 Å². The number of hydrogen-bond acceptors (Lipinski definition) is 3. The van der Waals surface area contributed by atoms with Crippen LogP contribution in [0.4, 0.5) is 0 Å². The lowest BCUT2D eigenvalue weighted by Gasteiger charge is -2.35. The van der Waals surface area contributed by atoms with Gasteiger partial charge in [0, 0.05) is 25.7 Å². The van der Waals surface area contributed by atoms with Crippen LogP contribution >= 0.6 is 28.3 Å². The summed E-state index contributed by atoms with van der Waals surface area (Å²) in [6, 6.07) is 5.69. The van der Waals surface area contributed by atoms with Crippen molar-refractivity contribution in [1.82, 2.24) is 10.2 Å². The molecule has 1 amide bonds. The zero-order chi connectivity index (χ0) is 12.4. The lowest BCUT2D eigenvalue weighted by atomic mass is 10.1. The molecule has 1 aromatic carbocycles. The fraction of sp³-hybridized carbons (Fsp3) is 0.417. The average molecular weight is 336 g/mol. The highest BCUT2D eigenvalue weighted by Gasteiger charge is 2.26. The van der Waals surface area contributed by atoms with Gasteiger partial charge in [-0.1, -0.05) is 0 Å². The molecule has 1 fully saturated rings. The zero-order valence-electron chi connectivity index (χ0n) is 10.3. The summed E-state index contributed by atoms with van der Waals surface area (Å²) in [6.45, 7) is 1.75. The molecular formula is C12H16BrClN2O2. The second-order valence-corrected chi connectivity index (χ2v) is 4.93. The van der Waals surface area contributed by atoms with Crippen molar-refractivity contribution in [3.05, 3.63) is 28.2 Å². The number of rotatable bonds is 3. The Balaban J connectivity index is 0.00000162. The number of nitrogens with one attached hydrogen (secondary N) is 1. The number of likely N-dealkylation sites (N-methyl/N-ethyl adjacent to an activating group) is 1. The van der Waals surface area contributed by atoms with E-state index in [9.17, 15) is 4.79 Å². The highest BCUT2D eigenvalue weighted by atomic mass is 79.9. The predicted molar refractivity (Wildman–Crippen MR) is 76.7 cm³/mol. The van der Waals surface area contributed by atoms with E-state index in [0.717, 1.165) is 23.3 Å². The van der Waals surface area contributed by atoms with Gasteiger partial charge >= 0.3 is 0 Å². The van der Waals surface area contributed by atoms with Gasteiger partial charge in [-0.2, -0.15) is 0 Å². The predicted octanol–water partition coefficient (Wildman–Crippen LogP) is 1.92. The fourth-order valence-corrected chi connectivity index (χ4v) is 2.26. The Morgan fingerprint density at radius 2 is 2.17 bits per heavy atom. The molecule has 0 spiro atoms. The van der Waals surface area contributed by atoms with Crippen molar-refractivity contribution in [3.63, 3.8) is 0 Å². The van der Waals surface area contributed by atoms with E-state index in [-0.39, 0.29) is 18.3 Å². The Bertz CT molecular complexity index is 438. The van der Waals surface area contributed by atoms with Gasteiger partial charge in [-0.3, -0.25) is 4.79 Å². The van der Waals surface area contributed by atoms with Gasteiger partial charge in [-0.05, 0) is 34.1 Å². The Morgan fingerprint density at radius 3 is 2.61 bits per heavy atom. The molecule has 0 aromatic heterocycles. The summed E-state index contributed by atoms with van der Waals surface area (Å²) in [5.74, 6) is 0.773. The van der Waals surface area contributed by atoms with Gasteiger partial charge in [0.25, 0.3) is 5.91 Å². The summed E-state index contributed by atoms with van der Waals surface area (Å²) >= 11 is 3.38. The SMILES string of the molecule is COc1ccc(C(=O)N(C)C2CNC2)cc1Br.Cl. The van der Waals surface area contributed by atoms with Crippen LogP contribution in [-0.2, 0) is 0 Å². The minimum absolute atomic E-state index is 0. The molecular weight excluding hydrogens is 320 g/mol. The first kappa shape index (κ1) is 15.3. The molecule has 0 saturated carbocycles. The maximum atomic E-state index is 12.2. The molecule has 1 saturated heterocycles. The van der Waals surface area contributed by atoms with Crippen LogP contribution in [0.15, 0.2) is 22.7 Å². The van der Waals surface area contributed by atoms with E-state index in [1.807, 2.05) is 7.05 Å². The van der Waals surface area contributed by atoms with Crippen molar-refractivity contribution in [2.75, 3.05) is 27.2 Å². The molecule has 0 unspecified atom stereocenters. The number of carbonyl (C=O) groups excluding carboxylic acids is 1. The number of halogens is 2. The van der Waals surface area contributed by atoms with Gasteiger partial charge in [0.2, 0.25) is 0 Å². The van der Waals surface area contributed by atoms with E-state index in [1.54, 1.807) is 30.2 Å². The maximum Gasteiger partial charge on any atom is 0.253 e. The molecule has 1 heterocycles. The summed E-state index contributed by atoms with van der Waals surface area (Å²) in [6.07, 6.45) is 0. The lowest BCUT2D eigenvalue weighted by molar-refractivity contribution is 0.0681. The Kier molecular flexibility index (Phi) is 5.44. The largest absolute Gasteiger partial charge is 0.496 e. The number of ether oxygens (including phenoxy) is 1. The number of methoxy groups -OCH3 is 1. The maximum absolute atomic E-state index is 12.2. The standard InChI is InChI=1S/C12H15BrN2O2.ClH/c1-15(9-6-14-7-9)12(16)8-3-4-11(17-2)10(13)5-8;/h3-5,9,14H,6-7H2,1-2H3;1H. The van der Waals surface area contributed by atoms with Crippen LogP contribution in [0.2, 0.25) is 0 Å². The van der Waals surface area contributed by atoms with Gasteiger partial charge in [-0.25, -0.2) is 0 Å². The van der Waals surface area contributed by atoms with E-state index >= 15 is 0 Å². The third kappa shape index (κ3) is 2.96. The molecule has 100 valence electrons. The normalized spacial score (nSPS) is 14.4. The topological polar surface area (TPSA) is 41.6 Å². The smallest absolute Gasteiger partial charge is 0.253 e. The van der Waals surface area contributed by atoms with E-state index in [2.05, 4.69) is 21.2 Å². The number of nitrogens with zero attached hydrogens (tertiary/aromatic N) is 1. The molecule has 1 N–H and O–H groups in total. The van der Waals surface area contributed by atoms with Gasteiger partial charge in [0.1, 0.15) is 5.75 Å². The number of hydrogen-bond donors (Lipinski definition) is 1. The molecule has 1 aliphatic rings. The molecule has 4 nitrogen and oxygen atoms in total. The van der Waals surface area contributed by atoms with E-state index < -0.39 is 0 Å². The number of carbonyl (C=O) groups is 1. The number of benzene rings is 1. The lowest BCUT2D eigenvalue weighted by Crippen LogP contribution is -2.57. The van der Waals surface area contributed by atoms with E-state index in [4.69, 9.17) is 4.74 Å². The van der Waals surface area contributed by atoms with Crippen LogP contribution in [0.1, 0.15) is 10.4 Å². The first-order chi connectivity index (χ1) is 8.13. The Morgan fingerprint density at radius 1 is 1.50 bits per heavy atom. The molecule has 2 rings (SSSR count). The Hall–Kier alpha value is -0.780.